The van der Waals surface area contributed by atoms with Crippen LogP contribution >= 0.6 is 0 Å². The lowest BCUT2D eigenvalue weighted by atomic mass is 9.88. The Morgan fingerprint density at radius 1 is 1.36 bits per heavy atom. The summed E-state index contributed by atoms with van der Waals surface area (Å²) in [5, 5.41) is 2.81. The van der Waals surface area contributed by atoms with Crippen molar-refractivity contribution in [2.45, 2.75) is 27.2 Å². The van der Waals surface area contributed by atoms with Crippen LogP contribution in [0.3, 0.4) is 0 Å². The van der Waals surface area contributed by atoms with Crippen molar-refractivity contribution in [2.24, 2.45) is 16.3 Å². The highest BCUT2D eigenvalue weighted by atomic mass is 16.5. The van der Waals surface area contributed by atoms with Crippen molar-refractivity contribution in [1.82, 2.24) is 5.32 Å². The maximum Gasteiger partial charge on any atom is 0.248 e. The van der Waals surface area contributed by atoms with Crippen molar-refractivity contribution in [3.05, 3.63) is 35.6 Å². The highest BCUT2D eigenvalue weighted by Crippen LogP contribution is 2.27. The van der Waals surface area contributed by atoms with E-state index in [1.807, 2.05) is 32.9 Å². The van der Waals surface area contributed by atoms with Gasteiger partial charge in [0, 0.05) is 31.2 Å². The molecule has 1 unspecified atom stereocenters. The van der Waals surface area contributed by atoms with E-state index in [2.05, 4.69) is 10.3 Å². The summed E-state index contributed by atoms with van der Waals surface area (Å²) in [4.78, 5) is 27.8. The van der Waals surface area contributed by atoms with Crippen LogP contribution in [0.5, 0.6) is 0 Å². The number of nitrogens with zero attached hydrogens (tertiary/aromatic N) is 1. The van der Waals surface area contributed by atoms with Crippen LogP contribution in [0.1, 0.15) is 27.2 Å². The Hall–Kier alpha value is -2.01. The van der Waals surface area contributed by atoms with Gasteiger partial charge in [-0.05, 0) is 23.1 Å². The number of aliphatic imine (C=N–C) groups is 1. The minimum atomic E-state index is -0.176. The van der Waals surface area contributed by atoms with Gasteiger partial charge in [-0.1, -0.05) is 26.8 Å². The summed E-state index contributed by atoms with van der Waals surface area (Å²) in [6.07, 6.45) is 7.45. The Kier molecular flexibility index (Phi) is 4.76. The van der Waals surface area contributed by atoms with Crippen molar-refractivity contribution in [3.8, 4) is 0 Å². The Labute approximate surface area is 130 Å². The van der Waals surface area contributed by atoms with Crippen LogP contribution in [0.25, 0.3) is 0 Å². The SMILES string of the molecule is COCC1=CC(=O)NC2=CC(=NC(=O)CC(C)(C)C)C=CC12. The first-order chi connectivity index (χ1) is 10.3. The van der Waals surface area contributed by atoms with Crippen LogP contribution in [-0.2, 0) is 14.3 Å². The van der Waals surface area contributed by atoms with Crippen LogP contribution in [0.2, 0.25) is 0 Å². The molecule has 0 aromatic carbocycles. The van der Waals surface area contributed by atoms with Crippen LogP contribution in [0.15, 0.2) is 40.6 Å². The molecule has 0 saturated heterocycles. The molecule has 0 bridgehead atoms. The summed E-state index contributed by atoms with van der Waals surface area (Å²) >= 11 is 0. The lowest BCUT2D eigenvalue weighted by Gasteiger charge is -2.27. The van der Waals surface area contributed by atoms with Gasteiger partial charge in [0.05, 0.1) is 12.3 Å². The van der Waals surface area contributed by atoms with Gasteiger partial charge in [0.15, 0.2) is 0 Å². The van der Waals surface area contributed by atoms with Crippen LogP contribution in [0.4, 0.5) is 0 Å². The van der Waals surface area contributed by atoms with Gasteiger partial charge in [0.25, 0.3) is 0 Å². The zero-order valence-corrected chi connectivity index (χ0v) is 13.5. The Morgan fingerprint density at radius 2 is 2.09 bits per heavy atom. The zero-order chi connectivity index (χ0) is 16.3. The third-order valence-corrected chi connectivity index (χ3v) is 3.33. The number of fused-ring (bicyclic) bond motifs is 1. The smallest absolute Gasteiger partial charge is 0.248 e. The summed E-state index contributed by atoms with van der Waals surface area (Å²) in [6.45, 7) is 6.40. The monoisotopic (exact) mass is 302 g/mol. The first-order valence-electron chi connectivity index (χ1n) is 7.30. The molecule has 5 heteroatoms. The van der Waals surface area contributed by atoms with E-state index in [0.717, 1.165) is 11.3 Å². The summed E-state index contributed by atoms with van der Waals surface area (Å²) in [5.74, 6) is -0.350. The highest BCUT2D eigenvalue weighted by molar-refractivity contribution is 6.11. The molecule has 0 aromatic heterocycles. The number of hydrogen-bond acceptors (Lipinski definition) is 3. The summed E-state index contributed by atoms with van der Waals surface area (Å²) in [6, 6.07) is 0. The van der Waals surface area contributed by atoms with E-state index >= 15 is 0 Å². The molecule has 5 nitrogen and oxygen atoms in total. The molecule has 2 amide bonds. The second-order valence-electron chi connectivity index (χ2n) is 6.75. The van der Waals surface area contributed by atoms with Gasteiger partial charge >= 0.3 is 0 Å². The maximum absolute atomic E-state index is 11.9. The summed E-state index contributed by atoms with van der Waals surface area (Å²) in [7, 11) is 1.60. The third kappa shape index (κ3) is 4.24. The molecule has 1 aliphatic heterocycles. The molecule has 1 N–H and O–H groups in total. The van der Waals surface area contributed by atoms with E-state index in [1.54, 1.807) is 19.3 Å². The van der Waals surface area contributed by atoms with E-state index < -0.39 is 0 Å². The lowest BCUT2D eigenvalue weighted by molar-refractivity contribution is -0.119. The molecular weight excluding hydrogens is 280 g/mol. The second kappa shape index (κ2) is 6.40. The van der Waals surface area contributed by atoms with Crippen LogP contribution in [-0.4, -0.2) is 31.2 Å². The predicted octanol–water partition coefficient (Wildman–Crippen LogP) is 2.16. The number of methoxy groups -OCH3 is 1. The fourth-order valence-electron chi connectivity index (χ4n) is 2.47. The zero-order valence-electron chi connectivity index (χ0n) is 13.5. The van der Waals surface area contributed by atoms with Crippen molar-refractivity contribution in [1.29, 1.82) is 0 Å². The minimum absolute atomic E-state index is 0.0191. The van der Waals surface area contributed by atoms with Crippen LogP contribution < -0.4 is 5.32 Å². The van der Waals surface area contributed by atoms with Crippen molar-refractivity contribution >= 4 is 17.5 Å². The van der Waals surface area contributed by atoms with E-state index in [-0.39, 0.29) is 23.1 Å². The minimum Gasteiger partial charge on any atom is -0.380 e. The molecule has 0 radical (unpaired) electrons. The van der Waals surface area contributed by atoms with Crippen molar-refractivity contribution in [3.63, 3.8) is 0 Å². The molecule has 0 fully saturated rings. The number of allylic oxidation sites excluding steroid dienone is 3. The number of rotatable bonds is 3. The number of carbonyl (C=O) groups is 2. The van der Waals surface area contributed by atoms with Gasteiger partial charge in [-0.2, -0.15) is 0 Å². The third-order valence-electron chi connectivity index (χ3n) is 3.33. The summed E-state index contributed by atoms with van der Waals surface area (Å²) < 4.78 is 5.13. The molecule has 0 spiro atoms. The fraction of sp³-hybridized carbons (Fsp3) is 0.471. The van der Waals surface area contributed by atoms with E-state index in [4.69, 9.17) is 4.74 Å². The number of hydrogen-bond donors (Lipinski definition) is 1. The molecule has 22 heavy (non-hydrogen) atoms. The maximum atomic E-state index is 11.9. The number of carbonyl (C=O) groups excluding carboxylic acids is 2. The van der Waals surface area contributed by atoms with Crippen molar-refractivity contribution < 1.29 is 14.3 Å². The van der Waals surface area contributed by atoms with Crippen LogP contribution in [0, 0.1) is 11.3 Å². The van der Waals surface area contributed by atoms with E-state index in [9.17, 15) is 9.59 Å². The lowest BCUT2D eigenvalue weighted by Crippen LogP contribution is -2.34. The largest absolute Gasteiger partial charge is 0.380 e. The molecule has 118 valence electrons. The number of nitrogens with one attached hydrogen (secondary N) is 1. The van der Waals surface area contributed by atoms with Gasteiger partial charge in [0.2, 0.25) is 11.8 Å². The van der Waals surface area contributed by atoms with E-state index in [0.29, 0.717) is 18.7 Å². The Bertz CT molecular complexity index is 604. The molecule has 1 aliphatic carbocycles. The Morgan fingerprint density at radius 3 is 2.73 bits per heavy atom. The number of amides is 2. The molecule has 1 atom stereocenters. The molecule has 1 heterocycles. The van der Waals surface area contributed by atoms with Gasteiger partial charge in [-0.25, -0.2) is 4.99 Å². The molecule has 2 rings (SSSR count). The van der Waals surface area contributed by atoms with Gasteiger partial charge in [0.1, 0.15) is 0 Å². The van der Waals surface area contributed by atoms with Crippen molar-refractivity contribution in [2.75, 3.05) is 13.7 Å². The number of ether oxygens (including phenoxy) is 1. The van der Waals surface area contributed by atoms with Gasteiger partial charge < -0.3 is 10.1 Å². The highest BCUT2D eigenvalue weighted by Gasteiger charge is 2.26. The standard InChI is InChI=1S/C17H22N2O3/c1-17(2,3)9-16(21)18-12-5-6-13-11(10-22-4)7-15(20)19-14(13)8-12/h5-8,13H,9-10H2,1-4H3,(H,19,20). The van der Waals surface area contributed by atoms with E-state index in [1.165, 1.54) is 0 Å². The summed E-state index contributed by atoms with van der Waals surface area (Å²) in [5.41, 5.74) is 2.11. The molecular formula is C17H22N2O3. The average Bonchev–Trinajstić information content (AvgIpc) is 2.35. The fourth-order valence-corrected chi connectivity index (χ4v) is 2.47. The van der Waals surface area contributed by atoms with Gasteiger partial charge in [-0.15, -0.1) is 0 Å². The Balaban J connectivity index is 2.19. The second-order valence-corrected chi connectivity index (χ2v) is 6.75. The van der Waals surface area contributed by atoms with Gasteiger partial charge in [-0.3, -0.25) is 9.59 Å². The average molecular weight is 302 g/mol. The normalized spacial score (nSPS) is 22.8. The molecule has 2 aliphatic rings. The molecule has 0 aromatic rings. The first kappa shape index (κ1) is 16.4. The molecule has 0 saturated carbocycles. The first-order valence-corrected chi connectivity index (χ1v) is 7.30. The topological polar surface area (TPSA) is 67.8 Å². The predicted molar refractivity (Wildman–Crippen MR) is 85.3 cm³/mol. The quantitative estimate of drug-likeness (QED) is 0.868.